The predicted octanol–water partition coefficient (Wildman–Crippen LogP) is 2.99. The third-order valence-electron chi connectivity index (χ3n) is 4.04. The second-order valence-electron chi connectivity index (χ2n) is 5.70. The van der Waals surface area contributed by atoms with E-state index in [1.165, 1.54) is 0 Å². The molecule has 1 aliphatic heterocycles. The third kappa shape index (κ3) is 3.46. The topological polar surface area (TPSA) is 68.5 Å². The van der Waals surface area contributed by atoms with Crippen molar-refractivity contribution in [1.29, 1.82) is 0 Å². The third-order valence-corrected chi connectivity index (χ3v) is 4.98. The molecule has 0 radical (unpaired) electrons. The number of nitrogens with zero attached hydrogens (tertiary/aromatic N) is 3. The minimum Gasteiger partial charge on any atom is -0.483 e. The first-order valence-electron chi connectivity index (χ1n) is 8.10. The Kier molecular flexibility index (Phi) is 4.56. The Balaban J connectivity index is 1.45. The molecule has 7 heteroatoms. The van der Waals surface area contributed by atoms with Gasteiger partial charge in [0, 0.05) is 42.2 Å². The smallest absolute Gasteiger partial charge is 0.276 e. The van der Waals surface area contributed by atoms with Crippen LogP contribution in [0.2, 0.25) is 0 Å². The van der Waals surface area contributed by atoms with Gasteiger partial charge in [-0.15, -0.1) is 0 Å². The minimum atomic E-state index is -0.0814. The number of carbonyl (C=O) groups is 1. The SMILES string of the molecule is O=C(c1cc(COc2cccc3cccnc23)on1)N1CCSCC1. The van der Waals surface area contributed by atoms with Crippen LogP contribution in [-0.2, 0) is 6.61 Å². The number of hydrogen-bond donors (Lipinski definition) is 0. The van der Waals surface area contributed by atoms with Gasteiger partial charge in [-0.05, 0) is 12.1 Å². The normalized spacial score (nSPS) is 14.6. The standard InChI is InChI=1S/C18H17N3O3S/c22-18(21-7-9-25-10-8-21)15-11-14(24-20-15)12-23-16-5-1-3-13-4-2-6-19-17(13)16/h1-6,11H,7-10,12H2. The molecule has 4 rings (SSSR count). The van der Waals surface area contributed by atoms with Crippen LogP contribution in [0.3, 0.4) is 0 Å². The van der Waals surface area contributed by atoms with Crippen molar-refractivity contribution < 1.29 is 14.1 Å². The number of benzene rings is 1. The lowest BCUT2D eigenvalue weighted by Crippen LogP contribution is -2.38. The maximum atomic E-state index is 12.4. The molecule has 1 fully saturated rings. The number of rotatable bonds is 4. The Morgan fingerprint density at radius 1 is 1.24 bits per heavy atom. The lowest BCUT2D eigenvalue weighted by atomic mass is 10.2. The molecular formula is C18H17N3O3S. The van der Waals surface area contributed by atoms with Crippen LogP contribution in [0.4, 0.5) is 0 Å². The molecular weight excluding hydrogens is 338 g/mol. The second-order valence-corrected chi connectivity index (χ2v) is 6.93. The van der Waals surface area contributed by atoms with Gasteiger partial charge in [0.15, 0.2) is 11.5 Å². The molecule has 1 saturated heterocycles. The number of amides is 1. The van der Waals surface area contributed by atoms with E-state index in [1.807, 2.05) is 47.0 Å². The highest BCUT2D eigenvalue weighted by Gasteiger charge is 2.21. The van der Waals surface area contributed by atoms with E-state index in [9.17, 15) is 4.79 Å². The highest BCUT2D eigenvalue weighted by Crippen LogP contribution is 2.24. The van der Waals surface area contributed by atoms with Crippen molar-refractivity contribution in [2.75, 3.05) is 24.6 Å². The van der Waals surface area contributed by atoms with Gasteiger partial charge in [-0.2, -0.15) is 11.8 Å². The number of para-hydroxylation sites is 1. The summed E-state index contributed by atoms with van der Waals surface area (Å²) in [6.07, 6.45) is 1.73. The molecule has 3 heterocycles. The van der Waals surface area contributed by atoms with E-state index in [-0.39, 0.29) is 12.5 Å². The van der Waals surface area contributed by atoms with Gasteiger partial charge in [-0.1, -0.05) is 23.4 Å². The Morgan fingerprint density at radius 2 is 2.08 bits per heavy atom. The van der Waals surface area contributed by atoms with Gasteiger partial charge in [-0.3, -0.25) is 9.78 Å². The largest absolute Gasteiger partial charge is 0.483 e. The highest BCUT2D eigenvalue weighted by molar-refractivity contribution is 7.99. The van der Waals surface area contributed by atoms with Crippen molar-refractivity contribution in [3.05, 3.63) is 54.0 Å². The van der Waals surface area contributed by atoms with Crippen molar-refractivity contribution in [1.82, 2.24) is 15.0 Å². The summed E-state index contributed by atoms with van der Waals surface area (Å²) in [5.41, 5.74) is 1.13. The van der Waals surface area contributed by atoms with Crippen LogP contribution >= 0.6 is 11.8 Å². The summed E-state index contributed by atoms with van der Waals surface area (Å²) in [5.74, 6) is 3.04. The molecule has 1 aromatic carbocycles. The van der Waals surface area contributed by atoms with Crippen LogP contribution in [0.25, 0.3) is 10.9 Å². The zero-order chi connectivity index (χ0) is 17.1. The van der Waals surface area contributed by atoms with Gasteiger partial charge < -0.3 is 14.2 Å². The minimum absolute atomic E-state index is 0.0814. The predicted molar refractivity (Wildman–Crippen MR) is 95.8 cm³/mol. The van der Waals surface area contributed by atoms with Gasteiger partial charge in [0.1, 0.15) is 17.9 Å². The van der Waals surface area contributed by atoms with Crippen LogP contribution < -0.4 is 4.74 Å². The van der Waals surface area contributed by atoms with Crippen LogP contribution in [-0.4, -0.2) is 45.5 Å². The van der Waals surface area contributed by atoms with Crippen LogP contribution in [0, 0.1) is 0 Å². The summed E-state index contributed by atoms with van der Waals surface area (Å²) < 4.78 is 11.1. The molecule has 25 heavy (non-hydrogen) atoms. The number of aromatic nitrogens is 2. The first kappa shape index (κ1) is 16.0. The average molecular weight is 355 g/mol. The number of pyridine rings is 1. The highest BCUT2D eigenvalue weighted by atomic mass is 32.2. The fraction of sp³-hybridized carbons (Fsp3) is 0.278. The summed E-state index contributed by atoms with van der Waals surface area (Å²) >= 11 is 1.86. The van der Waals surface area contributed by atoms with Crippen molar-refractivity contribution in [3.8, 4) is 5.75 Å². The summed E-state index contributed by atoms with van der Waals surface area (Å²) in [4.78, 5) is 18.6. The average Bonchev–Trinajstić information content (AvgIpc) is 3.15. The summed E-state index contributed by atoms with van der Waals surface area (Å²) in [7, 11) is 0. The van der Waals surface area contributed by atoms with Crippen molar-refractivity contribution >= 4 is 28.6 Å². The summed E-state index contributed by atoms with van der Waals surface area (Å²) in [6, 6.07) is 11.3. The maximum Gasteiger partial charge on any atom is 0.276 e. The molecule has 6 nitrogen and oxygen atoms in total. The molecule has 0 atom stereocenters. The lowest BCUT2D eigenvalue weighted by Gasteiger charge is -2.25. The molecule has 3 aromatic rings. The van der Waals surface area contributed by atoms with Gasteiger partial charge in [0.25, 0.3) is 5.91 Å². The number of thioether (sulfide) groups is 1. The first-order valence-corrected chi connectivity index (χ1v) is 9.26. The molecule has 0 spiro atoms. The zero-order valence-electron chi connectivity index (χ0n) is 13.6. The van der Waals surface area contributed by atoms with E-state index >= 15 is 0 Å². The molecule has 2 aromatic heterocycles. The van der Waals surface area contributed by atoms with Crippen LogP contribution in [0.15, 0.2) is 47.1 Å². The Morgan fingerprint density at radius 3 is 2.96 bits per heavy atom. The number of fused-ring (bicyclic) bond motifs is 1. The Labute approximate surface area is 149 Å². The van der Waals surface area contributed by atoms with E-state index in [0.717, 1.165) is 35.5 Å². The fourth-order valence-electron chi connectivity index (χ4n) is 2.75. The molecule has 1 amide bonds. The Bertz CT molecular complexity index is 885. The summed E-state index contributed by atoms with van der Waals surface area (Å²) in [5, 5.41) is 4.91. The molecule has 0 N–H and O–H groups in total. The van der Waals surface area contributed by atoms with Crippen molar-refractivity contribution in [2.45, 2.75) is 6.61 Å². The van der Waals surface area contributed by atoms with E-state index < -0.39 is 0 Å². The molecule has 0 unspecified atom stereocenters. The summed E-state index contributed by atoms with van der Waals surface area (Å²) in [6.45, 7) is 1.71. The van der Waals surface area contributed by atoms with E-state index in [1.54, 1.807) is 12.3 Å². The first-order chi connectivity index (χ1) is 12.3. The van der Waals surface area contributed by atoms with E-state index in [4.69, 9.17) is 9.26 Å². The number of ether oxygens (including phenoxy) is 1. The van der Waals surface area contributed by atoms with Gasteiger partial charge in [-0.25, -0.2) is 0 Å². The number of carbonyl (C=O) groups excluding carboxylic acids is 1. The van der Waals surface area contributed by atoms with Crippen molar-refractivity contribution in [2.24, 2.45) is 0 Å². The molecule has 0 aliphatic carbocycles. The lowest BCUT2D eigenvalue weighted by molar-refractivity contribution is 0.0761. The van der Waals surface area contributed by atoms with Crippen LogP contribution in [0.1, 0.15) is 16.2 Å². The van der Waals surface area contributed by atoms with Gasteiger partial charge >= 0.3 is 0 Å². The van der Waals surface area contributed by atoms with Crippen LogP contribution in [0.5, 0.6) is 5.75 Å². The van der Waals surface area contributed by atoms with Crippen molar-refractivity contribution in [3.63, 3.8) is 0 Å². The quantitative estimate of drug-likeness (QED) is 0.717. The van der Waals surface area contributed by atoms with E-state index in [2.05, 4.69) is 10.1 Å². The fourth-order valence-corrected chi connectivity index (χ4v) is 3.65. The maximum absolute atomic E-state index is 12.4. The van der Waals surface area contributed by atoms with E-state index in [0.29, 0.717) is 17.2 Å². The van der Waals surface area contributed by atoms with Gasteiger partial charge in [0.2, 0.25) is 0 Å². The molecule has 128 valence electrons. The second kappa shape index (κ2) is 7.14. The number of hydrogen-bond acceptors (Lipinski definition) is 6. The van der Waals surface area contributed by atoms with Gasteiger partial charge in [0.05, 0.1) is 0 Å². The molecule has 0 bridgehead atoms. The zero-order valence-corrected chi connectivity index (χ0v) is 14.4. The Hall–Kier alpha value is -2.54. The molecule has 0 saturated carbocycles. The molecule has 1 aliphatic rings. The monoisotopic (exact) mass is 355 g/mol.